The van der Waals surface area contributed by atoms with Crippen LogP contribution in [0.2, 0.25) is 0 Å². The number of nitrogens with two attached hydrogens (primary N) is 1. The van der Waals surface area contributed by atoms with Gasteiger partial charge < -0.3 is 5.73 Å². The summed E-state index contributed by atoms with van der Waals surface area (Å²) < 4.78 is 0. The Balaban J connectivity index is 1.62. The van der Waals surface area contributed by atoms with Gasteiger partial charge in [0.25, 0.3) is 0 Å². The lowest BCUT2D eigenvalue weighted by atomic mass is 9.87. The van der Waals surface area contributed by atoms with Crippen molar-refractivity contribution in [1.29, 1.82) is 0 Å². The van der Waals surface area contributed by atoms with E-state index < -0.39 is 0 Å². The monoisotopic (exact) mass is 270 g/mol. The van der Waals surface area contributed by atoms with Crippen LogP contribution in [0.4, 0.5) is 0 Å². The number of hydrogen-bond donors (Lipinski definition) is 1. The zero-order valence-corrected chi connectivity index (χ0v) is 12.4. The Hall–Kier alpha value is -1.12. The number of fused-ring (bicyclic) bond motifs is 1. The van der Waals surface area contributed by atoms with Gasteiger partial charge in [0.15, 0.2) is 0 Å². The van der Waals surface area contributed by atoms with E-state index in [4.69, 9.17) is 5.73 Å². The molecule has 2 N–H and O–H groups in total. The fourth-order valence-corrected chi connectivity index (χ4v) is 3.46. The van der Waals surface area contributed by atoms with Crippen LogP contribution in [0, 0.1) is 0 Å². The van der Waals surface area contributed by atoms with Gasteiger partial charge in [0.05, 0.1) is 0 Å². The molecule has 1 fully saturated rings. The van der Waals surface area contributed by atoms with Crippen LogP contribution in [0.25, 0.3) is 6.08 Å². The molecule has 2 heteroatoms. The molecule has 108 valence electrons. The van der Waals surface area contributed by atoms with Gasteiger partial charge in [-0.25, -0.2) is 0 Å². The second-order valence-corrected chi connectivity index (χ2v) is 6.22. The number of likely N-dealkylation sites (tertiary alicyclic amines) is 1. The number of aryl methyl sites for hydroxylation is 1. The summed E-state index contributed by atoms with van der Waals surface area (Å²) in [7, 11) is 0. The predicted octanol–water partition coefficient (Wildman–Crippen LogP) is 3.52. The van der Waals surface area contributed by atoms with Crippen molar-refractivity contribution in [1.82, 2.24) is 4.90 Å². The average molecular weight is 270 g/mol. The standard InChI is InChI=1S/C18H26N2/c19-18-8-4-7-16-14-15(9-10-17(16)18)6-5-13-20-11-2-1-3-12-20/h5-6,9-10,14,18H,1-4,7-8,11-13,19H2. The van der Waals surface area contributed by atoms with Crippen LogP contribution in [0.1, 0.15) is 54.8 Å². The van der Waals surface area contributed by atoms with Crippen LogP contribution >= 0.6 is 0 Å². The number of benzene rings is 1. The normalized spacial score (nSPS) is 23.9. The highest BCUT2D eigenvalue weighted by Crippen LogP contribution is 2.28. The van der Waals surface area contributed by atoms with Crippen LogP contribution in [0.15, 0.2) is 24.3 Å². The fraction of sp³-hybridized carbons (Fsp3) is 0.556. The molecule has 20 heavy (non-hydrogen) atoms. The zero-order valence-electron chi connectivity index (χ0n) is 12.4. The fourth-order valence-electron chi connectivity index (χ4n) is 3.46. The van der Waals surface area contributed by atoms with Gasteiger partial charge in [-0.2, -0.15) is 0 Å². The molecule has 1 heterocycles. The molecule has 1 aromatic carbocycles. The molecule has 1 unspecified atom stereocenters. The van der Waals surface area contributed by atoms with E-state index in [2.05, 4.69) is 35.3 Å². The molecular formula is C18H26N2. The lowest BCUT2D eigenvalue weighted by molar-refractivity contribution is 0.252. The van der Waals surface area contributed by atoms with Crippen LogP contribution < -0.4 is 5.73 Å². The number of rotatable bonds is 3. The van der Waals surface area contributed by atoms with Crippen molar-refractivity contribution >= 4 is 6.08 Å². The Morgan fingerprint density at radius 2 is 2.00 bits per heavy atom. The topological polar surface area (TPSA) is 29.3 Å². The van der Waals surface area contributed by atoms with E-state index in [1.807, 2.05) is 0 Å². The van der Waals surface area contributed by atoms with Crippen molar-refractivity contribution in [2.75, 3.05) is 19.6 Å². The van der Waals surface area contributed by atoms with Crippen molar-refractivity contribution in [2.24, 2.45) is 5.73 Å². The Kier molecular flexibility index (Phi) is 4.54. The summed E-state index contributed by atoms with van der Waals surface area (Å²) in [6.45, 7) is 3.63. The molecule has 2 nitrogen and oxygen atoms in total. The first-order valence-electron chi connectivity index (χ1n) is 8.10. The molecule has 3 rings (SSSR count). The summed E-state index contributed by atoms with van der Waals surface area (Å²) in [5.41, 5.74) is 10.3. The summed E-state index contributed by atoms with van der Waals surface area (Å²) in [6.07, 6.45) is 12.3. The van der Waals surface area contributed by atoms with E-state index in [9.17, 15) is 0 Å². The maximum absolute atomic E-state index is 6.17. The van der Waals surface area contributed by atoms with Crippen LogP contribution in [-0.2, 0) is 6.42 Å². The second kappa shape index (κ2) is 6.55. The molecule has 1 aliphatic carbocycles. The molecule has 2 aliphatic rings. The van der Waals surface area contributed by atoms with Crippen LogP contribution in [-0.4, -0.2) is 24.5 Å². The second-order valence-electron chi connectivity index (χ2n) is 6.22. The SMILES string of the molecule is NC1CCCc2cc(C=CCN3CCCCC3)ccc21. The Morgan fingerprint density at radius 1 is 1.15 bits per heavy atom. The summed E-state index contributed by atoms with van der Waals surface area (Å²) in [5, 5.41) is 0. The van der Waals surface area contributed by atoms with Crippen molar-refractivity contribution in [2.45, 2.75) is 44.6 Å². The lowest BCUT2D eigenvalue weighted by Gasteiger charge is -2.25. The minimum Gasteiger partial charge on any atom is -0.324 e. The van der Waals surface area contributed by atoms with E-state index >= 15 is 0 Å². The molecule has 1 aromatic rings. The van der Waals surface area contributed by atoms with E-state index in [-0.39, 0.29) is 6.04 Å². The Labute approximate surface area is 122 Å². The minimum atomic E-state index is 0.255. The first-order chi connectivity index (χ1) is 9.83. The highest BCUT2D eigenvalue weighted by Gasteiger charge is 2.16. The first kappa shape index (κ1) is 13.8. The van der Waals surface area contributed by atoms with E-state index in [0.717, 1.165) is 13.0 Å². The lowest BCUT2D eigenvalue weighted by Crippen LogP contribution is -2.29. The predicted molar refractivity (Wildman–Crippen MR) is 85.6 cm³/mol. The number of hydrogen-bond acceptors (Lipinski definition) is 2. The number of piperidine rings is 1. The maximum atomic E-state index is 6.17. The average Bonchev–Trinajstić information content (AvgIpc) is 2.48. The van der Waals surface area contributed by atoms with Gasteiger partial charge in [-0.1, -0.05) is 36.8 Å². The summed E-state index contributed by atoms with van der Waals surface area (Å²) in [4.78, 5) is 2.55. The third-order valence-electron chi connectivity index (χ3n) is 4.65. The van der Waals surface area contributed by atoms with Crippen LogP contribution in [0.3, 0.4) is 0 Å². The molecule has 0 bridgehead atoms. The summed E-state index contributed by atoms with van der Waals surface area (Å²) in [5.74, 6) is 0. The van der Waals surface area contributed by atoms with Gasteiger partial charge in [-0.15, -0.1) is 0 Å². The minimum absolute atomic E-state index is 0.255. The smallest absolute Gasteiger partial charge is 0.0297 e. The third kappa shape index (κ3) is 3.31. The Bertz CT molecular complexity index is 472. The van der Waals surface area contributed by atoms with Gasteiger partial charge in [-0.3, -0.25) is 4.90 Å². The van der Waals surface area contributed by atoms with Crippen molar-refractivity contribution < 1.29 is 0 Å². The van der Waals surface area contributed by atoms with Crippen molar-refractivity contribution in [3.8, 4) is 0 Å². The molecule has 1 saturated heterocycles. The van der Waals surface area contributed by atoms with E-state index in [1.165, 1.54) is 61.9 Å². The van der Waals surface area contributed by atoms with Gasteiger partial charge >= 0.3 is 0 Å². The largest absolute Gasteiger partial charge is 0.324 e. The molecule has 0 spiro atoms. The molecule has 0 radical (unpaired) electrons. The quantitative estimate of drug-likeness (QED) is 0.910. The zero-order chi connectivity index (χ0) is 13.8. The third-order valence-corrected chi connectivity index (χ3v) is 4.65. The molecule has 0 aromatic heterocycles. The van der Waals surface area contributed by atoms with E-state index in [1.54, 1.807) is 0 Å². The Morgan fingerprint density at radius 3 is 2.85 bits per heavy atom. The summed E-state index contributed by atoms with van der Waals surface area (Å²) >= 11 is 0. The van der Waals surface area contributed by atoms with Crippen LogP contribution in [0.5, 0.6) is 0 Å². The first-order valence-corrected chi connectivity index (χ1v) is 8.10. The van der Waals surface area contributed by atoms with E-state index in [0.29, 0.717) is 0 Å². The van der Waals surface area contributed by atoms with Gasteiger partial charge in [0, 0.05) is 12.6 Å². The maximum Gasteiger partial charge on any atom is 0.0297 e. The molecule has 0 saturated carbocycles. The molecule has 0 amide bonds. The molecular weight excluding hydrogens is 244 g/mol. The number of nitrogens with zero attached hydrogens (tertiary/aromatic N) is 1. The van der Waals surface area contributed by atoms with Crippen molar-refractivity contribution in [3.63, 3.8) is 0 Å². The van der Waals surface area contributed by atoms with Gasteiger partial charge in [0.2, 0.25) is 0 Å². The molecule has 1 atom stereocenters. The molecule has 1 aliphatic heterocycles. The van der Waals surface area contributed by atoms with Gasteiger partial charge in [0.1, 0.15) is 0 Å². The van der Waals surface area contributed by atoms with Gasteiger partial charge in [-0.05, 0) is 61.9 Å². The summed E-state index contributed by atoms with van der Waals surface area (Å²) in [6, 6.07) is 7.04. The van der Waals surface area contributed by atoms with Crippen molar-refractivity contribution in [3.05, 3.63) is 41.0 Å². The highest BCUT2D eigenvalue weighted by molar-refractivity contribution is 5.53. The highest BCUT2D eigenvalue weighted by atomic mass is 15.1.